The van der Waals surface area contributed by atoms with Crippen LogP contribution in [0.1, 0.15) is 75.0 Å². The molecule has 0 aromatic heterocycles. The molecule has 4 N–H and O–H groups in total. The molecule has 0 bridgehead atoms. The highest BCUT2D eigenvalue weighted by Crippen LogP contribution is 2.37. The van der Waals surface area contributed by atoms with Crippen LogP contribution < -0.4 is 11.5 Å². The fraction of sp³-hybridized carbons (Fsp3) is 0.692. The Balaban J connectivity index is 1.68. The maximum atomic E-state index is 13.5. The Morgan fingerprint density at radius 2 is 1.83 bits per heavy atom. The largest absolute Gasteiger partial charge is 0.416 e. The molecular weight excluding hydrogens is 457 g/mol. The quantitative estimate of drug-likeness (QED) is 0.363. The minimum atomic E-state index is -4.53. The number of carbonyl (C=O) groups is 1. The number of hydrogen-bond acceptors (Lipinski definition) is 4. The third-order valence-corrected chi connectivity index (χ3v) is 7.27. The molecule has 35 heavy (non-hydrogen) atoms. The Labute approximate surface area is 206 Å². The van der Waals surface area contributed by atoms with Crippen LogP contribution in [0.2, 0.25) is 0 Å². The Hall–Kier alpha value is -2.13. The van der Waals surface area contributed by atoms with E-state index in [0.29, 0.717) is 18.0 Å². The van der Waals surface area contributed by atoms with Gasteiger partial charge in [-0.2, -0.15) is 13.2 Å². The number of nitrogens with zero attached hydrogens (tertiary/aromatic N) is 2. The van der Waals surface area contributed by atoms with Crippen LogP contribution in [0.3, 0.4) is 0 Å². The molecule has 1 saturated heterocycles. The number of ether oxygens (including phenoxy) is 1. The molecular formula is C26H39F3N4O2. The molecule has 3 rings (SSSR count). The van der Waals surface area contributed by atoms with E-state index in [0.717, 1.165) is 76.2 Å². The molecule has 1 amide bonds. The molecule has 2 aliphatic rings. The number of alkyl halides is 3. The lowest BCUT2D eigenvalue weighted by Crippen LogP contribution is -2.35. The van der Waals surface area contributed by atoms with Gasteiger partial charge in [0.05, 0.1) is 12.2 Å². The lowest BCUT2D eigenvalue weighted by Gasteiger charge is -2.26. The van der Waals surface area contributed by atoms with Gasteiger partial charge in [0.25, 0.3) is 0 Å². The van der Waals surface area contributed by atoms with Crippen molar-refractivity contribution in [2.45, 2.75) is 71.0 Å². The number of nitrogens with two attached hydrogens (primary N) is 2. The smallest absolute Gasteiger partial charge is 0.383 e. The molecule has 6 nitrogen and oxygen atoms in total. The number of hydrogen-bond donors (Lipinski definition) is 2. The van der Waals surface area contributed by atoms with Crippen LogP contribution in [0.15, 0.2) is 23.2 Å². The number of carbonyl (C=O) groups excluding carboxylic acids is 1. The predicted molar refractivity (Wildman–Crippen MR) is 131 cm³/mol. The van der Waals surface area contributed by atoms with Gasteiger partial charge in [0, 0.05) is 37.8 Å². The van der Waals surface area contributed by atoms with Crippen LogP contribution in [0.4, 0.5) is 13.2 Å². The summed E-state index contributed by atoms with van der Waals surface area (Å²) in [6, 6.07) is 3.65. The molecule has 0 unspecified atom stereocenters. The van der Waals surface area contributed by atoms with Gasteiger partial charge in [-0.1, -0.05) is 19.8 Å². The molecule has 1 aromatic rings. The van der Waals surface area contributed by atoms with E-state index in [4.69, 9.17) is 16.2 Å². The van der Waals surface area contributed by atoms with E-state index in [2.05, 4.69) is 4.99 Å². The van der Waals surface area contributed by atoms with E-state index >= 15 is 0 Å². The highest BCUT2D eigenvalue weighted by atomic mass is 19.4. The van der Waals surface area contributed by atoms with Crippen LogP contribution in [-0.4, -0.2) is 43.1 Å². The fourth-order valence-electron chi connectivity index (χ4n) is 5.37. The summed E-state index contributed by atoms with van der Waals surface area (Å²) in [6.07, 6.45) is 3.53. The average molecular weight is 497 g/mol. The monoisotopic (exact) mass is 496 g/mol. The molecule has 196 valence electrons. The van der Waals surface area contributed by atoms with Gasteiger partial charge in [-0.25, -0.2) is 0 Å². The minimum Gasteiger partial charge on any atom is -0.383 e. The Kier molecular flexibility index (Phi) is 9.98. The van der Waals surface area contributed by atoms with Gasteiger partial charge in [0.15, 0.2) is 0 Å². The molecule has 0 radical (unpaired) electrons. The van der Waals surface area contributed by atoms with Gasteiger partial charge in [-0.05, 0) is 74.1 Å². The second-order valence-corrected chi connectivity index (χ2v) is 9.91. The van der Waals surface area contributed by atoms with E-state index in [9.17, 15) is 18.0 Å². The van der Waals surface area contributed by atoms with Crippen molar-refractivity contribution in [2.24, 2.45) is 34.2 Å². The molecule has 9 heteroatoms. The highest BCUT2D eigenvalue weighted by molar-refractivity contribution is 5.97. The maximum Gasteiger partial charge on any atom is 0.416 e. The SMILES string of the molecule is CCCN(Cc1cc(C(N)=NCN)cc(C(F)(F)F)c1)C(=O)[C@H]1CC[C@@H](CCC2CCOCC2)C1. The van der Waals surface area contributed by atoms with Crippen LogP contribution in [-0.2, 0) is 22.3 Å². The third kappa shape index (κ3) is 7.93. The van der Waals surface area contributed by atoms with Gasteiger partial charge >= 0.3 is 6.18 Å². The first-order valence-electron chi connectivity index (χ1n) is 12.8. The lowest BCUT2D eigenvalue weighted by atomic mass is 9.89. The highest BCUT2D eigenvalue weighted by Gasteiger charge is 2.34. The van der Waals surface area contributed by atoms with Crippen molar-refractivity contribution >= 4 is 11.7 Å². The van der Waals surface area contributed by atoms with Crippen LogP contribution in [0.25, 0.3) is 0 Å². The molecule has 1 aromatic carbocycles. The average Bonchev–Trinajstić information content (AvgIpc) is 3.31. The van der Waals surface area contributed by atoms with Crippen molar-refractivity contribution in [3.63, 3.8) is 0 Å². The molecule has 0 spiro atoms. The summed E-state index contributed by atoms with van der Waals surface area (Å²) in [4.78, 5) is 19.0. The Bertz CT molecular complexity index is 869. The van der Waals surface area contributed by atoms with E-state index in [1.165, 1.54) is 6.42 Å². The second-order valence-electron chi connectivity index (χ2n) is 9.91. The molecule has 1 saturated carbocycles. The Morgan fingerprint density at radius 1 is 1.11 bits per heavy atom. The summed E-state index contributed by atoms with van der Waals surface area (Å²) < 4.78 is 46.1. The van der Waals surface area contributed by atoms with Crippen LogP contribution >= 0.6 is 0 Å². The summed E-state index contributed by atoms with van der Waals surface area (Å²) in [5.41, 5.74) is 11.0. The van der Waals surface area contributed by atoms with Crippen LogP contribution in [0, 0.1) is 17.8 Å². The number of amides is 1. The fourth-order valence-corrected chi connectivity index (χ4v) is 5.37. The minimum absolute atomic E-state index is 0.0444. The zero-order valence-electron chi connectivity index (χ0n) is 20.7. The van der Waals surface area contributed by atoms with E-state index in [1.807, 2.05) is 6.92 Å². The first-order chi connectivity index (χ1) is 16.7. The Morgan fingerprint density at radius 3 is 2.49 bits per heavy atom. The lowest BCUT2D eigenvalue weighted by molar-refractivity contribution is -0.137. The zero-order valence-corrected chi connectivity index (χ0v) is 20.7. The first kappa shape index (κ1) is 27.5. The van der Waals surface area contributed by atoms with Crippen molar-refractivity contribution in [1.29, 1.82) is 0 Å². The summed E-state index contributed by atoms with van der Waals surface area (Å²) in [7, 11) is 0. The number of benzene rings is 1. The van der Waals surface area contributed by atoms with E-state index < -0.39 is 11.7 Å². The van der Waals surface area contributed by atoms with Gasteiger partial charge < -0.3 is 21.1 Å². The van der Waals surface area contributed by atoms with Crippen molar-refractivity contribution in [3.8, 4) is 0 Å². The standard InChI is InChI=1S/C26H39F3N4O2/c1-2-9-33(16-20-13-22(24(31)32-17-30)15-23(14-20)26(27,28)29)25(34)21-6-5-19(12-21)4-3-18-7-10-35-11-8-18/h13-15,18-19,21H,2-12,16-17,30H2,1H3,(H2,31,32)/t19-,21+/m1/s1. The number of amidine groups is 1. The van der Waals surface area contributed by atoms with E-state index in [1.54, 1.807) is 11.0 Å². The van der Waals surface area contributed by atoms with Crippen molar-refractivity contribution < 1.29 is 22.7 Å². The molecule has 2 atom stereocenters. The van der Waals surface area contributed by atoms with Gasteiger partial charge in [-0.15, -0.1) is 0 Å². The normalized spacial score (nSPS) is 21.9. The molecule has 1 aliphatic heterocycles. The number of aliphatic imine (C=N–C) groups is 1. The third-order valence-electron chi connectivity index (χ3n) is 7.27. The van der Waals surface area contributed by atoms with Gasteiger partial charge in [-0.3, -0.25) is 9.79 Å². The topological polar surface area (TPSA) is 93.9 Å². The predicted octanol–water partition coefficient (Wildman–Crippen LogP) is 4.69. The number of rotatable bonds is 10. The van der Waals surface area contributed by atoms with Crippen LogP contribution in [0.5, 0.6) is 0 Å². The molecule has 2 fully saturated rings. The van der Waals surface area contributed by atoms with E-state index in [-0.39, 0.29) is 36.4 Å². The molecule has 1 aliphatic carbocycles. The van der Waals surface area contributed by atoms with Crippen molar-refractivity contribution in [1.82, 2.24) is 4.90 Å². The summed E-state index contributed by atoms with van der Waals surface area (Å²) in [6.45, 7) is 4.17. The van der Waals surface area contributed by atoms with Crippen molar-refractivity contribution in [3.05, 3.63) is 34.9 Å². The van der Waals surface area contributed by atoms with Gasteiger partial charge in [0.2, 0.25) is 5.91 Å². The number of halogens is 3. The first-order valence-corrected chi connectivity index (χ1v) is 12.8. The summed E-state index contributed by atoms with van der Waals surface area (Å²) >= 11 is 0. The zero-order chi connectivity index (χ0) is 25.4. The maximum absolute atomic E-state index is 13.5. The summed E-state index contributed by atoms with van der Waals surface area (Å²) in [5.74, 6) is 1.21. The van der Waals surface area contributed by atoms with Gasteiger partial charge in [0.1, 0.15) is 5.84 Å². The molecule has 1 heterocycles. The van der Waals surface area contributed by atoms with Crippen molar-refractivity contribution in [2.75, 3.05) is 26.4 Å². The summed E-state index contributed by atoms with van der Waals surface area (Å²) in [5, 5.41) is 0. The second kappa shape index (κ2) is 12.7.